The molecule has 0 aromatic rings. The first kappa shape index (κ1) is 20.7. The summed E-state index contributed by atoms with van der Waals surface area (Å²) in [4.78, 5) is 24.9. The van der Waals surface area contributed by atoms with Gasteiger partial charge in [-0.25, -0.2) is 4.79 Å². The van der Waals surface area contributed by atoms with Gasteiger partial charge in [-0.15, -0.1) is 0 Å². The molecule has 2 unspecified atom stereocenters. The number of ether oxygens (including phenoxy) is 2. The molecule has 0 spiro atoms. The molecule has 4 aliphatic carbocycles. The minimum atomic E-state index is -0.558. The van der Waals surface area contributed by atoms with Gasteiger partial charge in [0, 0.05) is 0 Å². The lowest BCUT2D eigenvalue weighted by Gasteiger charge is -2.64. The monoisotopic (exact) mass is 378 g/mol. The highest BCUT2D eigenvalue weighted by Gasteiger charge is 2.62. The van der Waals surface area contributed by atoms with Crippen molar-refractivity contribution in [3.8, 4) is 0 Å². The molecule has 0 N–H and O–H groups in total. The quantitative estimate of drug-likeness (QED) is 0.539. The van der Waals surface area contributed by atoms with Gasteiger partial charge in [-0.05, 0) is 88.4 Å². The standard InChI is InChI=1S/C23H38O4/c1-6-8-9-23(27-19(24)15-26-20(25)21(3,4)7-2)17-10-16-11-18(23)14-22(5,12-16)13-17/h16-18H,6-15H2,1-5H3. The van der Waals surface area contributed by atoms with E-state index in [-0.39, 0.29) is 24.1 Å². The zero-order valence-corrected chi connectivity index (χ0v) is 17.9. The molecule has 4 nitrogen and oxygen atoms in total. The summed E-state index contributed by atoms with van der Waals surface area (Å²) < 4.78 is 11.6. The molecule has 4 heteroatoms. The van der Waals surface area contributed by atoms with Gasteiger partial charge in [0.2, 0.25) is 0 Å². The van der Waals surface area contributed by atoms with Crippen LogP contribution < -0.4 is 0 Å². The van der Waals surface area contributed by atoms with Crippen LogP contribution in [-0.4, -0.2) is 24.1 Å². The fourth-order valence-electron chi connectivity index (χ4n) is 6.23. The van der Waals surface area contributed by atoms with Crippen molar-refractivity contribution in [3.05, 3.63) is 0 Å². The van der Waals surface area contributed by atoms with Crippen LogP contribution in [-0.2, 0) is 19.1 Å². The Balaban J connectivity index is 1.69. The number of hydrogen-bond donors (Lipinski definition) is 0. The Labute approximate surface area is 164 Å². The normalized spacial score (nSPS) is 37.3. The van der Waals surface area contributed by atoms with Crippen molar-refractivity contribution < 1.29 is 19.1 Å². The van der Waals surface area contributed by atoms with E-state index in [2.05, 4.69) is 13.8 Å². The molecule has 0 heterocycles. The highest BCUT2D eigenvalue weighted by Crippen LogP contribution is 2.65. The summed E-state index contributed by atoms with van der Waals surface area (Å²) in [7, 11) is 0. The molecule has 4 fully saturated rings. The number of unbranched alkanes of at least 4 members (excludes halogenated alkanes) is 1. The Bertz CT molecular complexity index is 563. The van der Waals surface area contributed by atoms with Crippen molar-refractivity contribution >= 4 is 11.9 Å². The summed E-state index contributed by atoms with van der Waals surface area (Å²) in [6, 6.07) is 0. The molecule has 4 saturated carbocycles. The lowest BCUT2D eigenvalue weighted by Crippen LogP contribution is -2.62. The molecule has 0 amide bonds. The van der Waals surface area contributed by atoms with Gasteiger partial charge in [0.05, 0.1) is 5.41 Å². The van der Waals surface area contributed by atoms with E-state index in [1.165, 1.54) is 32.1 Å². The SMILES string of the molecule is CCCCC1(OC(=O)COC(=O)C(C)(C)CC)C2CC3CC1CC(C)(C3)C2. The van der Waals surface area contributed by atoms with Crippen molar-refractivity contribution in [1.29, 1.82) is 0 Å². The second kappa shape index (κ2) is 7.40. The maximum absolute atomic E-state index is 12.7. The molecule has 2 atom stereocenters. The van der Waals surface area contributed by atoms with Gasteiger partial charge in [0.25, 0.3) is 0 Å². The van der Waals surface area contributed by atoms with Crippen LogP contribution >= 0.6 is 0 Å². The van der Waals surface area contributed by atoms with E-state index in [9.17, 15) is 9.59 Å². The van der Waals surface area contributed by atoms with Crippen LogP contribution in [0.3, 0.4) is 0 Å². The topological polar surface area (TPSA) is 52.6 Å². The smallest absolute Gasteiger partial charge is 0.344 e. The molecule has 0 radical (unpaired) electrons. The number of esters is 2. The van der Waals surface area contributed by atoms with Crippen molar-refractivity contribution in [2.45, 2.75) is 98.0 Å². The third-order valence-electron chi connectivity index (χ3n) is 7.86. The zero-order valence-electron chi connectivity index (χ0n) is 17.9. The second-order valence-corrected chi connectivity index (χ2v) is 10.5. The summed E-state index contributed by atoms with van der Waals surface area (Å²) in [5.41, 5.74) is -0.441. The number of carbonyl (C=O) groups excluding carboxylic acids is 2. The van der Waals surface area contributed by atoms with Gasteiger partial charge in [-0.3, -0.25) is 4.79 Å². The summed E-state index contributed by atoms with van der Waals surface area (Å²) in [6.07, 6.45) is 9.95. The van der Waals surface area contributed by atoms with Gasteiger partial charge >= 0.3 is 11.9 Å². The zero-order chi connectivity index (χ0) is 19.9. The van der Waals surface area contributed by atoms with Crippen LogP contribution in [0.15, 0.2) is 0 Å². The third kappa shape index (κ3) is 3.91. The van der Waals surface area contributed by atoms with Gasteiger partial charge in [-0.1, -0.05) is 27.2 Å². The highest BCUT2D eigenvalue weighted by atomic mass is 16.6. The predicted octanol–water partition coefficient (Wildman–Crippen LogP) is 5.28. The van der Waals surface area contributed by atoms with Crippen molar-refractivity contribution in [2.24, 2.45) is 28.6 Å². The van der Waals surface area contributed by atoms with Crippen LogP contribution in [0.1, 0.15) is 92.4 Å². The van der Waals surface area contributed by atoms with Gasteiger partial charge in [0.15, 0.2) is 6.61 Å². The molecule has 4 bridgehead atoms. The molecule has 0 saturated heterocycles. The Morgan fingerprint density at radius 3 is 2.22 bits per heavy atom. The lowest BCUT2D eigenvalue weighted by atomic mass is 9.44. The van der Waals surface area contributed by atoms with E-state index in [0.717, 1.165) is 25.2 Å². The minimum Gasteiger partial charge on any atom is -0.456 e. The average molecular weight is 379 g/mol. The first-order valence-electron chi connectivity index (χ1n) is 11.0. The van der Waals surface area contributed by atoms with Crippen molar-refractivity contribution in [1.82, 2.24) is 0 Å². The van der Waals surface area contributed by atoms with Crippen LogP contribution in [0.4, 0.5) is 0 Å². The van der Waals surface area contributed by atoms with E-state index in [0.29, 0.717) is 23.7 Å². The van der Waals surface area contributed by atoms with Gasteiger partial charge < -0.3 is 9.47 Å². The summed E-state index contributed by atoms with van der Waals surface area (Å²) in [5.74, 6) is 1.09. The maximum Gasteiger partial charge on any atom is 0.344 e. The minimum absolute atomic E-state index is 0.254. The molecule has 0 aromatic heterocycles. The Hall–Kier alpha value is -1.06. The molecular weight excluding hydrogens is 340 g/mol. The van der Waals surface area contributed by atoms with Gasteiger partial charge in [0.1, 0.15) is 5.60 Å². The first-order chi connectivity index (χ1) is 12.6. The second-order valence-electron chi connectivity index (χ2n) is 10.5. The molecule has 4 aliphatic rings. The third-order valence-corrected chi connectivity index (χ3v) is 7.86. The van der Waals surface area contributed by atoms with Crippen LogP contribution in [0, 0.1) is 28.6 Å². The van der Waals surface area contributed by atoms with E-state index >= 15 is 0 Å². The van der Waals surface area contributed by atoms with E-state index in [1.807, 2.05) is 20.8 Å². The average Bonchev–Trinajstić information content (AvgIpc) is 2.60. The molecule has 154 valence electrons. The molecule has 4 rings (SSSR count). The highest BCUT2D eigenvalue weighted by molar-refractivity contribution is 5.80. The Kier molecular flexibility index (Phi) is 5.67. The lowest BCUT2D eigenvalue weighted by molar-refractivity contribution is -0.228. The number of rotatable bonds is 8. The number of carbonyl (C=O) groups is 2. The molecular formula is C23H38O4. The molecule has 0 aromatic carbocycles. The predicted molar refractivity (Wildman–Crippen MR) is 105 cm³/mol. The number of hydrogen-bond acceptors (Lipinski definition) is 4. The fourth-order valence-corrected chi connectivity index (χ4v) is 6.23. The molecule has 0 aliphatic heterocycles. The summed E-state index contributed by atoms with van der Waals surface area (Å²) in [6.45, 7) is 10.0. The van der Waals surface area contributed by atoms with Crippen molar-refractivity contribution in [2.75, 3.05) is 6.61 Å². The largest absolute Gasteiger partial charge is 0.456 e. The Morgan fingerprint density at radius 2 is 1.70 bits per heavy atom. The van der Waals surface area contributed by atoms with E-state index in [1.54, 1.807) is 0 Å². The van der Waals surface area contributed by atoms with Crippen molar-refractivity contribution in [3.63, 3.8) is 0 Å². The molecule has 27 heavy (non-hydrogen) atoms. The Morgan fingerprint density at radius 1 is 1.07 bits per heavy atom. The first-order valence-corrected chi connectivity index (χ1v) is 11.0. The maximum atomic E-state index is 12.7. The van der Waals surface area contributed by atoms with E-state index in [4.69, 9.17) is 9.47 Å². The fraction of sp³-hybridized carbons (Fsp3) is 0.913. The summed E-state index contributed by atoms with van der Waals surface area (Å²) in [5, 5.41) is 0. The van der Waals surface area contributed by atoms with Crippen LogP contribution in [0.5, 0.6) is 0 Å². The van der Waals surface area contributed by atoms with E-state index < -0.39 is 5.41 Å². The van der Waals surface area contributed by atoms with Gasteiger partial charge in [-0.2, -0.15) is 0 Å². The summed E-state index contributed by atoms with van der Waals surface area (Å²) >= 11 is 0. The van der Waals surface area contributed by atoms with Crippen LogP contribution in [0.25, 0.3) is 0 Å². The van der Waals surface area contributed by atoms with Crippen LogP contribution in [0.2, 0.25) is 0 Å².